The quantitative estimate of drug-likeness (QED) is 0.685. The largest absolute Gasteiger partial charge is 0.366 e. The first-order valence-electron chi connectivity index (χ1n) is 5.37. The van der Waals surface area contributed by atoms with Crippen molar-refractivity contribution >= 4 is 28.1 Å². The molecular formula is C12H11BrN4O. The van der Waals surface area contributed by atoms with Crippen LogP contribution in [0.25, 0.3) is 0 Å². The highest BCUT2D eigenvalue weighted by Crippen LogP contribution is 2.45. The lowest BCUT2D eigenvalue weighted by molar-refractivity contribution is -0.114. The van der Waals surface area contributed by atoms with Crippen molar-refractivity contribution in [2.24, 2.45) is 17.6 Å². The fourth-order valence-electron chi connectivity index (χ4n) is 1.93. The van der Waals surface area contributed by atoms with Gasteiger partial charge in [0.15, 0.2) is 0 Å². The van der Waals surface area contributed by atoms with E-state index in [0.29, 0.717) is 15.8 Å². The Morgan fingerprint density at radius 1 is 1.72 bits per heavy atom. The summed E-state index contributed by atoms with van der Waals surface area (Å²) < 4.78 is 0.541. The van der Waals surface area contributed by atoms with Crippen molar-refractivity contribution in [3.63, 3.8) is 0 Å². The first-order valence-corrected chi connectivity index (χ1v) is 6.16. The lowest BCUT2D eigenvalue weighted by Crippen LogP contribution is -2.21. The molecule has 92 valence electrons. The van der Waals surface area contributed by atoms with Crippen molar-refractivity contribution in [1.29, 1.82) is 10.7 Å². The van der Waals surface area contributed by atoms with Crippen molar-refractivity contribution in [3.05, 3.63) is 33.6 Å². The molecule has 0 bridgehead atoms. The highest BCUT2D eigenvalue weighted by atomic mass is 79.9. The van der Waals surface area contributed by atoms with Crippen LogP contribution < -0.4 is 11.1 Å². The van der Waals surface area contributed by atoms with Gasteiger partial charge in [0, 0.05) is 18.3 Å². The first kappa shape index (κ1) is 12.6. The van der Waals surface area contributed by atoms with E-state index in [2.05, 4.69) is 27.3 Å². The number of amides is 1. The van der Waals surface area contributed by atoms with E-state index in [1.807, 2.05) is 0 Å². The number of carbonyl (C=O) groups is 1. The molecule has 1 aliphatic heterocycles. The average molecular weight is 307 g/mol. The summed E-state index contributed by atoms with van der Waals surface area (Å²) in [6, 6.07) is 2.19. The number of hydrogen-bond acceptors (Lipinski definition) is 4. The zero-order valence-electron chi connectivity index (χ0n) is 9.40. The Hall–Kier alpha value is -1.87. The lowest BCUT2D eigenvalue weighted by atomic mass is 10.0. The second-order valence-corrected chi connectivity index (χ2v) is 4.92. The highest BCUT2D eigenvalue weighted by Gasteiger charge is 2.41. The molecule has 2 aliphatic rings. The van der Waals surface area contributed by atoms with E-state index in [4.69, 9.17) is 16.4 Å². The van der Waals surface area contributed by atoms with Gasteiger partial charge in [0.1, 0.15) is 0 Å². The molecule has 1 aliphatic carbocycles. The number of allylic oxidation sites excluding steroid dienone is 2. The van der Waals surface area contributed by atoms with Gasteiger partial charge in [0.2, 0.25) is 5.91 Å². The van der Waals surface area contributed by atoms with Gasteiger partial charge in [-0.15, -0.1) is 0 Å². The average Bonchev–Trinajstić information content (AvgIpc) is 3.11. The summed E-state index contributed by atoms with van der Waals surface area (Å²) in [6.45, 7) is 0. The Balaban J connectivity index is 2.44. The monoisotopic (exact) mass is 306 g/mol. The number of nitriles is 1. The molecule has 18 heavy (non-hydrogen) atoms. The third-order valence-corrected chi connectivity index (χ3v) is 3.82. The molecule has 1 fully saturated rings. The minimum Gasteiger partial charge on any atom is -0.366 e. The molecule has 5 nitrogen and oxygen atoms in total. The maximum absolute atomic E-state index is 11.3. The van der Waals surface area contributed by atoms with E-state index in [9.17, 15) is 4.79 Å². The molecule has 2 atom stereocenters. The van der Waals surface area contributed by atoms with Crippen LogP contribution in [0.5, 0.6) is 0 Å². The summed E-state index contributed by atoms with van der Waals surface area (Å²) in [6.07, 6.45) is 5.16. The molecule has 0 aromatic heterocycles. The van der Waals surface area contributed by atoms with Crippen LogP contribution in [0.2, 0.25) is 0 Å². The lowest BCUT2D eigenvalue weighted by Gasteiger charge is -2.17. The standard InChI is InChI=1S/C12H11BrN4O/c13-10-7(12(16)18)1-2-17-11(10)9(5-15)8-3-6(8)4-14/h1-2,5-6,8,15,17H,3H2,(H2,16,18)/b11-9+,15-5?. The molecule has 6 heteroatoms. The van der Waals surface area contributed by atoms with E-state index < -0.39 is 5.91 Å². The maximum atomic E-state index is 11.3. The van der Waals surface area contributed by atoms with Crippen molar-refractivity contribution in [1.82, 2.24) is 5.32 Å². The van der Waals surface area contributed by atoms with Crippen LogP contribution in [0.4, 0.5) is 0 Å². The van der Waals surface area contributed by atoms with Gasteiger partial charge < -0.3 is 16.5 Å². The zero-order chi connectivity index (χ0) is 13.3. The van der Waals surface area contributed by atoms with Crippen LogP contribution in [0.3, 0.4) is 0 Å². The second-order valence-electron chi connectivity index (χ2n) is 4.12. The summed E-state index contributed by atoms with van der Waals surface area (Å²) in [7, 11) is 0. The van der Waals surface area contributed by atoms with Gasteiger partial charge in [0.25, 0.3) is 0 Å². The normalized spacial score (nSPS) is 28.2. The van der Waals surface area contributed by atoms with Gasteiger partial charge >= 0.3 is 0 Å². The molecule has 1 saturated carbocycles. The highest BCUT2D eigenvalue weighted by molar-refractivity contribution is 9.12. The third-order valence-electron chi connectivity index (χ3n) is 3.00. The van der Waals surface area contributed by atoms with Gasteiger partial charge in [-0.25, -0.2) is 0 Å². The van der Waals surface area contributed by atoms with Gasteiger partial charge in [0.05, 0.1) is 27.7 Å². The molecule has 4 N–H and O–H groups in total. The zero-order valence-corrected chi connectivity index (χ0v) is 11.0. The number of carbonyl (C=O) groups excluding carboxylic acids is 1. The summed E-state index contributed by atoms with van der Waals surface area (Å²) >= 11 is 3.32. The predicted molar refractivity (Wildman–Crippen MR) is 70.4 cm³/mol. The smallest absolute Gasteiger partial charge is 0.249 e. The number of nitrogens with zero attached hydrogens (tertiary/aromatic N) is 1. The van der Waals surface area contributed by atoms with Gasteiger partial charge in [-0.2, -0.15) is 5.26 Å². The SMILES string of the molecule is N#CC1CC1/C(C=N)=C1/NC=CC(C(N)=O)=C1Br. The number of dihydropyridines is 1. The van der Waals surface area contributed by atoms with Crippen molar-refractivity contribution in [2.45, 2.75) is 6.42 Å². The Bertz CT molecular complexity index is 553. The molecule has 0 aromatic rings. The Labute approximate surface area is 113 Å². The van der Waals surface area contributed by atoms with Crippen molar-refractivity contribution in [3.8, 4) is 6.07 Å². The van der Waals surface area contributed by atoms with Crippen LogP contribution in [0, 0.1) is 28.6 Å². The molecule has 0 spiro atoms. The van der Waals surface area contributed by atoms with Crippen LogP contribution in [0.15, 0.2) is 33.6 Å². The maximum Gasteiger partial charge on any atom is 0.249 e. The third kappa shape index (κ3) is 2.09. The summed E-state index contributed by atoms with van der Waals surface area (Å²) in [5.41, 5.74) is 6.99. The van der Waals surface area contributed by atoms with Crippen LogP contribution in [-0.2, 0) is 4.79 Å². The molecule has 0 aromatic carbocycles. The van der Waals surface area contributed by atoms with Gasteiger partial charge in [-0.3, -0.25) is 4.79 Å². The molecule has 2 unspecified atom stereocenters. The Morgan fingerprint density at radius 2 is 2.44 bits per heavy atom. The number of rotatable bonds is 3. The molecule has 1 heterocycles. The first-order chi connectivity index (χ1) is 8.60. The fourth-order valence-corrected chi connectivity index (χ4v) is 2.60. The number of halogens is 1. The summed E-state index contributed by atoms with van der Waals surface area (Å²) in [5, 5.41) is 19.3. The number of nitrogens with two attached hydrogens (primary N) is 1. The Kier molecular flexibility index (Phi) is 3.34. The van der Waals surface area contributed by atoms with E-state index in [1.165, 1.54) is 6.21 Å². The van der Waals surface area contributed by atoms with Crippen molar-refractivity contribution < 1.29 is 4.79 Å². The van der Waals surface area contributed by atoms with E-state index in [-0.39, 0.29) is 11.8 Å². The molecule has 0 radical (unpaired) electrons. The minimum atomic E-state index is -0.533. The summed E-state index contributed by atoms with van der Waals surface area (Å²) in [5.74, 6) is -0.517. The topological polar surface area (TPSA) is 103 Å². The number of primary amides is 1. The molecule has 0 saturated heterocycles. The van der Waals surface area contributed by atoms with Gasteiger partial charge in [-0.1, -0.05) is 0 Å². The minimum absolute atomic E-state index is 0.0425. The summed E-state index contributed by atoms with van der Waals surface area (Å²) in [4.78, 5) is 11.3. The Morgan fingerprint density at radius 3 is 2.94 bits per heavy atom. The fraction of sp³-hybridized carbons (Fsp3) is 0.250. The van der Waals surface area contributed by atoms with E-state index in [1.54, 1.807) is 12.3 Å². The van der Waals surface area contributed by atoms with Crippen LogP contribution >= 0.6 is 15.9 Å². The molecular weight excluding hydrogens is 296 g/mol. The predicted octanol–water partition coefficient (Wildman–Crippen LogP) is 1.30. The van der Waals surface area contributed by atoms with Crippen LogP contribution in [-0.4, -0.2) is 12.1 Å². The second kappa shape index (κ2) is 4.78. The van der Waals surface area contributed by atoms with Crippen LogP contribution in [0.1, 0.15) is 6.42 Å². The van der Waals surface area contributed by atoms with E-state index in [0.717, 1.165) is 12.0 Å². The number of hydrogen-bond donors (Lipinski definition) is 3. The van der Waals surface area contributed by atoms with Gasteiger partial charge in [-0.05, 0) is 34.0 Å². The number of nitrogens with one attached hydrogen (secondary N) is 2. The van der Waals surface area contributed by atoms with E-state index >= 15 is 0 Å². The molecule has 2 rings (SSSR count). The molecule has 1 amide bonds. The van der Waals surface area contributed by atoms with Crippen molar-refractivity contribution in [2.75, 3.05) is 0 Å².